The van der Waals surface area contributed by atoms with E-state index in [2.05, 4.69) is 10.5 Å². The van der Waals surface area contributed by atoms with Crippen LogP contribution in [0.5, 0.6) is 5.75 Å². The van der Waals surface area contributed by atoms with Crippen molar-refractivity contribution in [3.05, 3.63) is 47.3 Å². The third-order valence-corrected chi connectivity index (χ3v) is 2.73. The number of hydrogen-bond donors (Lipinski definition) is 2. The van der Waals surface area contributed by atoms with E-state index in [1.807, 2.05) is 32.0 Å². The van der Waals surface area contributed by atoms with E-state index in [0.29, 0.717) is 12.3 Å². The molecule has 0 fully saturated rings. The lowest BCUT2D eigenvalue weighted by molar-refractivity contribution is 0.404. The maximum absolute atomic E-state index is 9.84. The molecule has 0 bridgehead atoms. The number of benzene rings is 1. The fourth-order valence-corrected chi connectivity index (χ4v) is 1.72. The highest BCUT2D eigenvalue weighted by Crippen LogP contribution is 2.24. The number of aromatic nitrogens is 1. The molecule has 1 unspecified atom stereocenters. The van der Waals surface area contributed by atoms with Crippen molar-refractivity contribution in [2.24, 2.45) is 0 Å². The molecule has 0 aliphatic rings. The second kappa shape index (κ2) is 5.01. The first-order valence-electron chi connectivity index (χ1n) is 5.59. The zero-order valence-corrected chi connectivity index (χ0v) is 9.97. The number of phenolic OH excluding ortho intramolecular Hbond substituents is 1. The molecule has 17 heavy (non-hydrogen) atoms. The van der Waals surface area contributed by atoms with Crippen molar-refractivity contribution in [2.45, 2.75) is 26.4 Å². The van der Waals surface area contributed by atoms with Gasteiger partial charge in [-0.2, -0.15) is 0 Å². The van der Waals surface area contributed by atoms with Crippen LogP contribution >= 0.6 is 0 Å². The van der Waals surface area contributed by atoms with Crippen LogP contribution in [0.25, 0.3) is 0 Å². The molecule has 2 rings (SSSR count). The average Bonchev–Trinajstić information content (AvgIpc) is 2.78. The minimum absolute atomic E-state index is 0.0623. The Morgan fingerprint density at radius 1 is 1.41 bits per heavy atom. The predicted octanol–water partition coefficient (Wildman–Crippen LogP) is 2.54. The first-order chi connectivity index (χ1) is 8.16. The lowest BCUT2D eigenvalue weighted by Gasteiger charge is -2.15. The molecule has 2 N–H and O–H groups in total. The van der Waals surface area contributed by atoms with Gasteiger partial charge in [0.2, 0.25) is 0 Å². The summed E-state index contributed by atoms with van der Waals surface area (Å²) in [6.45, 7) is 4.58. The number of rotatable bonds is 4. The molecule has 0 aliphatic heterocycles. The van der Waals surface area contributed by atoms with E-state index in [4.69, 9.17) is 4.52 Å². The number of hydrogen-bond acceptors (Lipinski definition) is 4. The summed E-state index contributed by atoms with van der Waals surface area (Å²) in [5.74, 6) is 0.324. The topological polar surface area (TPSA) is 58.3 Å². The SMILES string of the molecule is Cc1ccc(C(C)NCc2ccon2)c(O)c1. The van der Waals surface area contributed by atoms with Gasteiger partial charge in [0.25, 0.3) is 0 Å². The van der Waals surface area contributed by atoms with Crippen molar-refractivity contribution in [2.75, 3.05) is 0 Å². The van der Waals surface area contributed by atoms with Crippen LogP contribution in [-0.2, 0) is 6.54 Å². The average molecular weight is 232 g/mol. The highest BCUT2D eigenvalue weighted by molar-refractivity contribution is 5.37. The smallest absolute Gasteiger partial charge is 0.124 e. The molecule has 1 aromatic carbocycles. The van der Waals surface area contributed by atoms with Gasteiger partial charge in [0.15, 0.2) is 0 Å². The molecule has 90 valence electrons. The number of aryl methyl sites for hydroxylation is 1. The Labute approximate surface area is 100 Å². The van der Waals surface area contributed by atoms with Gasteiger partial charge in [-0.15, -0.1) is 0 Å². The molecule has 0 aliphatic carbocycles. The number of nitrogens with one attached hydrogen (secondary N) is 1. The number of nitrogens with zero attached hydrogens (tertiary/aromatic N) is 1. The number of aromatic hydroxyl groups is 1. The minimum Gasteiger partial charge on any atom is -0.508 e. The van der Waals surface area contributed by atoms with E-state index in [-0.39, 0.29) is 6.04 Å². The lowest BCUT2D eigenvalue weighted by atomic mass is 10.1. The lowest BCUT2D eigenvalue weighted by Crippen LogP contribution is -2.18. The van der Waals surface area contributed by atoms with Crippen LogP contribution in [0.3, 0.4) is 0 Å². The summed E-state index contributed by atoms with van der Waals surface area (Å²) in [5.41, 5.74) is 2.79. The third kappa shape index (κ3) is 2.85. The molecule has 0 radical (unpaired) electrons. The van der Waals surface area contributed by atoms with E-state index < -0.39 is 0 Å². The van der Waals surface area contributed by atoms with E-state index in [1.54, 1.807) is 12.3 Å². The molecule has 1 heterocycles. The van der Waals surface area contributed by atoms with Gasteiger partial charge in [-0.05, 0) is 25.5 Å². The van der Waals surface area contributed by atoms with E-state index >= 15 is 0 Å². The van der Waals surface area contributed by atoms with Crippen molar-refractivity contribution >= 4 is 0 Å². The maximum Gasteiger partial charge on any atom is 0.124 e. The first kappa shape index (κ1) is 11.7. The van der Waals surface area contributed by atoms with Crippen LogP contribution in [0, 0.1) is 6.92 Å². The predicted molar refractivity (Wildman–Crippen MR) is 64.6 cm³/mol. The largest absolute Gasteiger partial charge is 0.508 e. The second-order valence-electron chi connectivity index (χ2n) is 4.16. The monoisotopic (exact) mass is 232 g/mol. The maximum atomic E-state index is 9.84. The Morgan fingerprint density at radius 3 is 2.88 bits per heavy atom. The van der Waals surface area contributed by atoms with Gasteiger partial charge >= 0.3 is 0 Å². The van der Waals surface area contributed by atoms with Crippen molar-refractivity contribution in [1.82, 2.24) is 10.5 Å². The van der Waals surface area contributed by atoms with Gasteiger partial charge in [0.1, 0.15) is 12.0 Å². The summed E-state index contributed by atoms with van der Waals surface area (Å²) in [6.07, 6.45) is 1.55. The van der Waals surface area contributed by atoms with Crippen molar-refractivity contribution < 1.29 is 9.63 Å². The first-order valence-corrected chi connectivity index (χ1v) is 5.59. The zero-order chi connectivity index (χ0) is 12.3. The van der Waals surface area contributed by atoms with Gasteiger partial charge < -0.3 is 14.9 Å². The molecule has 1 aromatic heterocycles. The van der Waals surface area contributed by atoms with E-state index in [0.717, 1.165) is 16.8 Å². The van der Waals surface area contributed by atoms with E-state index in [1.165, 1.54) is 0 Å². The standard InChI is InChI=1S/C13H16N2O2/c1-9-3-4-12(13(16)7-9)10(2)14-8-11-5-6-17-15-11/h3-7,10,14,16H,8H2,1-2H3. The molecule has 0 saturated carbocycles. The molecule has 0 spiro atoms. The Morgan fingerprint density at radius 2 is 2.24 bits per heavy atom. The highest BCUT2D eigenvalue weighted by atomic mass is 16.5. The van der Waals surface area contributed by atoms with Gasteiger partial charge in [0, 0.05) is 24.2 Å². The number of phenols is 1. The zero-order valence-electron chi connectivity index (χ0n) is 9.97. The Bertz CT molecular complexity index is 480. The molecule has 0 amide bonds. The van der Waals surface area contributed by atoms with Crippen LogP contribution < -0.4 is 5.32 Å². The molecule has 4 heteroatoms. The van der Waals surface area contributed by atoms with Crippen LogP contribution in [0.15, 0.2) is 35.1 Å². The molecular weight excluding hydrogens is 216 g/mol. The minimum atomic E-state index is 0.0623. The van der Waals surface area contributed by atoms with Gasteiger partial charge in [-0.25, -0.2) is 0 Å². The summed E-state index contributed by atoms with van der Waals surface area (Å²) in [4.78, 5) is 0. The van der Waals surface area contributed by atoms with Crippen LogP contribution in [0.4, 0.5) is 0 Å². The van der Waals surface area contributed by atoms with Crippen molar-refractivity contribution in [1.29, 1.82) is 0 Å². The summed E-state index contributed by atoms with van der Waals surface area (Å²) in [6, 6.07) is 7.57. The molecule has 1 atom stereocenters. The fraction of sp³-hybridized carbons (Fsp3) is 0.308. The molecule has 2 aromatic rings. The Kier molecular flexibility index (Phi) is 3.44. The Balaban J connectivity index is 2.01. The fourth-order valence-electron chi connectivity index (χ4n) is 1.72. The molecular formula is C13H16N2O2. The normalized spacial score (nSPS) is 12.6. The van der Waals surface area contributed by atoms with Gasteiger partial charge in [0.05, 0.1) is 5.69 Å². The second-order valence-corrected chi connectivity index (χ2v) is 4.16. The summed E-state index contributed by atoms with van der Waals surface area (Å²) < 4.78 is 4.75. The molecule has 0 saturated heterocycles. The van der Waals surface area contributed by atoms with Gasteiger partial charge in [-0.3, -0.25) is 0 Å². The van der Waals surface area contributed by atoms with Crippen LogP contribution in [0.1, 0.15) is 29.8 Å². The summed E-state index contributed by atoms with van der Waals surface area (Å²) in [7, 11) is 0. The van der Waals surface area contributed by atoms with Crippen LogP contribution in [0.2, 0.25) is 0 Å². The summed E-state index contributed by atoms with van der Waals surface area (Å²) >= 11 is 0. The summed E-state index contributed by atoms with van der Waals surface area (Å²) in [5, 5.41) is 16.9. The van der Waals surface area contributed by atoms with Crippen LogP contribution in [-0.4, -0.2) is 10.3 Å². The molecule has 4 nitrogen and oxygen atoms in total. The van der Waals surface area contributed by atoms with Crippen molar-refractivity contribution in [3.63, 3.8) is 0 Å². The highest BCUT2D eigenvalue weighted by Gasteiger charge is 2.10. The van der Waals surface area contributed by atoms with E-state index in [9.17, 15) is 5.11 Å². The third-order valence-electron chi connectivity index (χ3n) is 2.73. The van der Waals surface area contributed by atoms with Crippen molar-refractivity contribution in [3.8, 4) is 5.75 Å². The Hall–Kier alpha value is -1.81. The quantitative estimate of drug-likeness (QED) is 0.850. The van der Waals surface area contributed by atoms with Gasteiger partial charge in [-0.1, -0.05) is 17.3 Å².